The van der Waals surface area contributed by atoms with Gasteiger partial charge in [-0.2, -0.15) is 0 Å². The Morgan fingerprint density at radius 2 is 2.00 bits per heavy atom. The molecule has 0 radical (unpaired) electrons. The lowest BCUT2D eigenvalue weighted by atomic mass is 10.1. The van der Waals surface area contributed by atoms with E-state index in [0.29, 0.717) is 6.04 Å². The largest absolute Gasteiger partial charge is 0.369 e. The fraction of sp³-hybridized carbons (Fsp3) is 0.667. The smallest absolute Gasteiger partial charge is 0.287 e. The van der Waals surface area contributed by atoms with Gasteiger partial charge in [0.05, 0.1) is 4.92 Å². The Morgan fingerprint density at radius 3 is 2.62 bits per heavy atom. The first-order chi connectivity index (χ1) is 10.2. The predicted octanol–water partition coefficient (Wildman–Crippen LogP) is 3.02. The summed E-state index contributed by atoms with van der Waals surface area (Å²) >= 11 is 0. The topological polar surface area (TPSA) is 80.1 Å². The van der Waals surface area contributed by atoms with Gasteiger partial charge in [-0.15, -0.1) is 0 Å². The highest BCUT2D eigenvalue weighted by Gasteiger charge is 2.11. The third-order valence-corrected chi connectivity index (χ3v) is 3.98. The fourth-order valence-electron chi connectivity index (χ4n) is 2.79. The molecule has 116 valence electrons. The molecule has 0 aromatic carbocycles. The van der Waals surface area contributed by atoms with Crippen LogP contribution in [0.15, 0.2) is 12.3 Å². The van der Waals surface area contributed by atoms with Crippen molar-refractivity contribution < 1.29 is 4.92 Å². The molecule has 0 bridgehead atoms. The fourth-order valence-corrected chi connectivity index (χ4v) is 2.79. The standard InChI is InChI=1S/C15H24N4O2/c1-12-10-14(19(20)21)11-18-15(12)17-9-8-16-13-6-4-2-3-5-7-13/h10-11,13,16H,2-9H2,1H3,(H,17,18). The second-order valence-electron chi connectivity index (χ2n) is 5.69. The SMILES string of the molecule is Cc1cc([N+](=O)[O-])cnc1NCCNC1CCCCCC1. The molecule has 2 rings (SSSR count). The molecule has 1 saturated carbocycles. The molecule has 1 aromatic heterocycles. The van der Waals surface area contributed by atoms with E-state index in [1.807, 2.05) is 6.92 Å². The molecule has 0 amide bonds. The van der Waals surface area contributed by atoms with Gasteiger partial charge >= 0.3 is 0 Å². The van der Waals surface area contributed by atoms with Crippen LogP contribution >= 0.6 is 0 Å². The van der Waals surface area contributed by atoms with Crippen LogP contribution in [-0.4, -0.2) is 29.0 Å². The summed E-state index contributed by atoms with van der Waals surface area (Å²) in [5.41, 5.74) is 0.841. The molecule has 0 spiro atoms. The van der Waals surface area contributed by atoms with Crippen molar-refractivity contribution in [1.82, 2.24) is 10.3 Å². The lowest BCUT2D eigenvalue weighted by Crippen LogP contribution is -2.32. The maximum atomic E-state index is 10.7. The van der Waals surface area contributed by atoms with Crippen LogP contribution < -0.4 is 10.6 Å². The van der Waals surface area contributed by atoms with E-state index >= 15 is 0 Å². The average Bonchev–Trinajstić information content (AvgIpc) is 2.73. The van der Waals surface area contributed by atoms with Crippen molar-refractivity contribution in [3.63, 3.8) is 0 Å². The molecule has 0 atom stereocenters. The predicted molar refractivity (Wildman–Crippen MR) is 83.6 cm³/mol. The summed E-state index contributed by atoms with van der Waals surface area (Å²) in [6.45, 7) is 3.51. The number of aryl methyl sites for hydroxylation is 1. The summed E-state index contributed by atoms with van der Waals surface area (Å²) in [4.78, 5) is 14.4. The number of hydrogen-bond acceptors (Lipinski definition) is 5. The number of nitro groups is 1. The van der Waals surface area contributed by atoms with Crippen molar-refractivity contribution >= 4 is 11.5 Å². The summed E-state index contributed by atoms with van der Waals surface area (Å²) in [7, 11) is 0. The van der Waals surface area contributed by atoms with E-state index in [1.54, 1.807) is 6.07 Å². The van der Waals surface area contributed by atoms with Crippen molar-refractivity contribution in [2.45, 2.75) is 51.5 Å². The average molecular weight is 292 g/mol. The van der Waals surface area contributed by atoms with Crippen LogP contribution in [0.4, 0.5) is 11.5 Å². The third kappa shape index (κ3) is 4.97. The van der Waals surface area contributed by atoms with Crippen molar-refractivity contribution in [2.24, 2.45) is 0 Å². The minimum atomic E-state index is -0.419. The molecule has 1 heterocycles. The molecule has 2 N–H and O–H groups in total. The van der Waals surface area contributed by atoms with Gasteiger partial charge in [-0.1, -0.05) is 25.7 Å². The number of hydrogen-bond donors (Lipinski definition) is 2. The number of aromatic nitrogens is 1. The van der Waals surface area contributed by atoms with Crippen molar-refractivity contribution in [3.05, 3.63) is 27.9 Å². The van der Waals surface area contributed by atoms with Gasteiger partial charge in [0, 0.05) is 25.2 Å². The molecule has 1 fully saturated rings. The minimum absolute atomic E-state index is 0.0367. The van der Waals surface area contributed by atoms with Gasteiger partial charge in [-0.05, 0) is 25.3 Å². The van der Waals surface area contributed by atoms with Crippen LogP contribution in [0, 0.1) is 17.0 Å². The van der Waals surface area contributed by atoms with Crippen LogP contribution in [0.25, 0.3) is 0 Å². The Bertz CT molecular complexity index is 471. The summed E-state index contributed by atoms with van der Waals surface area (Å²) < 4.78 is 0. The Balaban J connectivity index is 1.74. The van der Waals surface area contributed by atoms with E-state index in [0.717, 1.165) is 24.5 Å². The minimum Gasteiger partial charge on any atom is -0.369 e. The molecule has 0 saturated heterocycles. The quantitative estimate of drug-likeness (QED) is 0.364. The molecule has 21 heavy (non-hydrogen) atoms. The van der Waals surface area contributed by atoms with Crippen LogP contribution in [0.1, 0.15) is 44.1 Å². The zero-order chi connectivity index (χ0) is 15.1. The van der Waals surface area contributed by atoms with Crippen molar-refractivity contribution in [3.8, 4) is 0 Å². The number of rotatable bonds is 6. The summed E-state index contributed by atoms with van der Waals surface area (Å²) in [6.07, 6.45) is 9.23. The molecule has 6 nitrogen and oxygen atoms in total. The van der Waals surface area contributed by atoms with E-state index in [4.69, 9.17) is 0 Å². The normalized spacial score (nSPS) is 16.4. The van der Waals surface area contributed by atoms with Gasteiger partial charge in [-0.25, -0.2) is 4.98 Å². The van der Waals surface area contributed by atoms with Gasteiger partial charge in [0.15, 0.2) is 0 Å². The van der Waals surface area contributed by atoms with Crippen molar-refractivity contribution in [1.29, 1.82) is 0 Å². The van der Waals surface area contributed by atoms with Gasteiger partial charge in [0.25, 0.3) is 5.69 Å². The summed E-state index contributed by atoms with van der Waals surface area (Å²) in [5, 5.41) is 17.5. The number of anilines is 1. The molecule has 1 aromatic rings. The van der Waals surface area contributed by atoms with Gasteiger partial charge < -0.3 is 10.6 Å². The first kappa shape index (κ1) is 15.7. The van der Waals surface area contributed by atoms with Gasteiger partial charge in [0.1, 0.15) is 12.0 Å². The van der Waals surface area contributed by atoms with E-state index in [9.17, 15) is 10.1 Å². The lowest BCUT2D eigenvalue weighted by molar-refractivity contribution is -0.385. The zero-order valence-corrected chi connectivity index (χ0v) is 12.6. The maximum absolute atomic E-state index is 10.7. The monoisotopic (exact) mass is 292 g/mol. The van der Waals surface area contributed by atoms with Crippen LogP contribution in [-0.2, 0) is 0 Å². The van der Waals surface area contributed by atoms with Gasteiger partial charge in [0.2, 0.25) is 0 Å². The molecule has 6 heteroatoms. The molecule has 0 aliphatic heterocycles. The molecular weight excluding hydrogens is 268 g/mol. The Kier molecular flexibility index (Phi) is 5.92. The third-order valence-electron chi connectivity index (χ3n) is 3.98. The second-order valence-corrected chi connectivity index (χ2v) is 5.69. The highest BCUT2D eigenvalue weighted by atomic mass is 16.6. The van der Waals surface area contributed by atoms with E-state index in [2.05, 4.69) is 15.6 Å². The Morgan fingerprint density at radius 1 is 1.29 bits per heavy atom. The van der Waals surface area contributed by atoms with E-state index in [1.165, 1.54) is 44.7 Å². The van der Waals surface area contributed by atoms with Crippen LogP contribution in [0.3, 0.4) is 0 Å². The lowest BCUT2D eigenvalue weighted by Gasteiger charge is -2.16. The Hall–Kier alpha value is -1.69. The molecule has 1 aliphatic rings. The molecule has 0 unspecified atom stereocenters. The number of nitrogens with one attached hydrogen (secondary N) is 2. The summed E-state index contributed by atoms with van der Waals surface area (Å²) in [5.74, 6) is 0.725. The van der Waals surface area contributed by atoms with Gasteiger partial charge in [-0.3, -0.25) is 10.1 Å². The summed E-state index contributed by atoms with van der Waals surface area (Å²) in [6, 6.07) is 2.19. The number of pyridine rings is 1. The molecular formula is C15H24N4O2. The van der Waals surface area contributed by atoms with Crippen LogP contribution in [0.2, 0.25) is 0 Å². The maximum Gasteiger partial charge on any atom is 0.287 e. The first-order valence-corrected chi connectivity index (χ1v) is 7.75. The zero-order valence-electron chi connectivity index (χ0n) is 12.6. The highest BCUT2D eigenvalue weighted by Crippen LogP contribution is 2.18. The van der Waals surface area contributed by atoms with E-state index in [-0.39, 0.29) is 5.69 Å². The Labute approximate surface area is 125 Å². The highest BCUT2D eigenvalue weighted by molar-refractivity contribution is 5.48. The molecule has 1 aliphatic carbocycles. The first-order valence-electron chi connectivity index (χ1n) is 7.75. The second kappa shape index (κ2) is 7.93. The van der Waals surface area contributed by atoms with Crippen molar-refractivity contribution in [2.75, 3.05) is 18.4 Å². The van der Waals surface area contributed by atoms with E-state index < -0.39 is 4.92 Å². The van der Waals surface area contributed by atoms with Crippen LogP contribution in [0.5, 0.6) is 0 Å². The number of nitrogens with zero attached hydrogens (tertiary/aromatic N) is 2.